The first kappa shape index (κ1) is 16.8. The van der Waals surface area contributed by atoms with Crippen LogP contribution in [0.1, 0.15) is 40.9 Å². The number of hydrogen-bond donors (Lipinski definition) is 1. The number of hydrogen-bond acceptors (Lipinski definition) is 6. The van der Waals surface area contributed by atoms with E-state index in [-0.39, 0.29) is 11.7 Å². The number of benzene rings is 1. The molecule has 1 N–H and O–H groups in total. The van der Waals surface area contributed by atoms with Crippen LogP contribution in [0.3, 0.4) is 0 Å². The molecule has 8 heteroatoms. The van der Waals surface area contributed by atoms with Crippen LogP contribution in [0.2, 0.25) is 0 Å². The van der Waals surface area contributed by atoms with Crippen molar-refractivity contribution in [2.24, 2.45) is 0 Å². The van der Waals surface area contributed by atoms with E-state index in [4.69, 9.17) is 8.83 Å². The van der Waals surface area contributed by atoms with Crippen molar-refractivity contribution >= 4 is 27.9 Å². The molecule has 1 aliphatic heterocycles. The molecule has 1 aliphatic rings. The van der Waals surface area contributed by atoms with E-state index in [9.17, 15) is 4.79 Å². The minimum atomic E-state index is -0.559. The summed E-state index contributed by atoms with van der Waals surface area (Å²) in [7, 11) is 0. The lowest BCUT2D eigenvalue weighted by Gasteiger charge is -2.15. The minimum Gasteiger partial charge on any atom is -0.444 e. The normalized spacial score (nSPS) is 15.2. The smallest absolute Gasteiger partial charge is 0.318 e. The lowest BCUT2D eigenvalue weighted by Crippen LogP contribution is -2.29. The fourth-order valence-electron chi connectivity index (χ4n) is 2.95. The Morgan fingerprint density at radius 3 is 2.54 bits per heavy atom. The quantitative estimate of drug-likeness (QED) is 0.684. The molecular formula is C18H17BrN4O3. The number of carbonyl (C=O) groups is 1. The summed E-state index contributed by atoms with van der Waals surface area (Å²) in [6.07, 6.45) is 2.23. The van der Waals surface area contributed by atoms with Gasteiger partial charge in [0.15, 0.2) is 10.4 Å². The first-order valence-electron chi connectivity index (χ1n) is 8.40. The van der Waals surface area contributed by atoms with Crippen LogP contribution in [0.25, 0.3) is 0 Å². The largest absolute Gasteiger partial charge is 0.444 e. The first-order chi connectivity index (χ1) is 12.7. The summed E-state index contributed by atoms with van der Waals surface area (Å²) >= 11 is 3.20. The lowest BCUT2D eigenvalue weighted by molar-refractivity contribution is 0.0908. The molecule has 1 aromatic carbocycles. The zero-order chi connectivity index (χ0) is 17.9. The van der Waals surface area contributed by atoms with Crippen LogP contribution in [0.5, 0.6) is 0 Å². The standard InChI is InChI=1S/C18H17BrN4O3/c19-14-9-8-13(25-14)16(24)20-15(12-6-2-1-3-7-12)17-21-22-18(26-17)23-10-4-5-11-23/h1-3,6-9,15H,4-5,10-11H2,(H,20,24)/t15-/m0/s1. The predicted molar refractivity (Wildman–Crippen MR) is 97.9 cm³/mol. The van der Waals surface area contributed by atoms with Crippen LogP contribution in [-0.2, 0) is 0 Å². The molecule has 3 heterocycles. The van der Waals surface area contributed by atoms with Gasteiger partial charge in [0.1, 0.15) is 6.04 Å². The topological polar surface area (TPSA) is 84.4 Å². The second-order valence-electron chi connectivity index (χ2n) is 6.04. The van der Waals surface area contributed by atoms with E-state index in [0.29, 0.717) is 16.6 Å². The van der Waals surface area contributed by atoms with E-state index in [0.717, 1.165) is 31.5 Å². The Kier molecular flexibility index (Phi) is 4.75. The second kappa shape index (κ2) is 7.33. The maximum absolute atomic E-state index is 12.6. The fourth-order valence-corrected chi connectivity index (χ4v) is 3.26. The third-order valence-electron chi connectivity index (χ3n) is 4.26. The maximum Gasteiger partial charge on any atom is 0.318 e. The van der Waals surface area contributed by atoms with Crippen LogP contribution < -0.4 is 10.2 Å². The van der Waals surface area contributed by atoms with Crippen molar-refractivity contribution in [2.75, 3.05) is 18.0 Å². The molecule has 2 aromatic heterocycles. The van der Waals surface area contributed by atoms with Gasteiger partial charge in [-0.25, -0.2) is 0 Å². The number of nitrogens with zero attached hydrogens (tertiary/aromatic N) is 3. The van der Waals surface area contributed by atoms with Gasteiger partial charge in [0.25, 0.3) is 5.91 Å². The van der Waals surface area contributed by atoms with E-state index in [1.54, 1.807) is 12.1 Å². The molecule has 7 nitrogen and oxygen atoms in total. The van der Waals surface area contributed by atoms with Gasteiger partial charge in [-0.15, -0.1) is 5.10 Å². The molecule has 0 radical (unpaired) electrons. The van der Waals surface area contributed by atoms with Crippen molar-refractivity contribution in [1.29, 1.82) is 0 Å². The highest BCUT2D eigenvalue weighted by molar-refractivity contribution is 9.10. The Balaban J connectivity index is 1.62. The predicted octanol–water partition coefficient (Wildman–Crippen LogP) is 3.54. The highest BCUT2D eigenvalue weighted by atomic mass is 79.9. The van der Waals surface area contributed by atoms with E-state index < -0.39 is 6.04 Å². The van der Waals surface area contributed by atoms with Gasteiger partial charge in [-0.3, -0.25) is 4.79 Å². The third kappa shape index (κ3) is 3.50. The molecule has 0 saturated carbocycles. The van der Waals surface area contributed by atoms with Crippen molar-refractivity contribution in [2.45, 2.75) is 18.9 Å². The number of nitrogens with one attached hydrogen (secondary N) is 1. The average molecular weight is 417 g/mol. The van der Waals surface area contributed by atoms with E-state index >= 15 is 0 Å². The summed E-state index contributed by atoms with van der Waals surface area (Å²) in [5.74, 6) is 0.194. The lowest BCUT2D eigenvalue weighted by atomic mass is 10.1. The van der Waals surface area contributed by atoms with Crippen LogP contribution in [-0.4, -0.2) is 29.2 Å². The number of rotatable bonds is 5. The van der Waals surface area contributed by atoms with Crippen molar-refractivity contribution in [3.8, 4) is 0 Å². The summed E-state index contributed by atoms with van der Waals surface area (Å²) in [6.45, 7) is 1.81. The number of halogens is 1. The summed E-state index contributed by atoms with van der Waals surface area (Å²) < 4.78 is 11.7. The van der Waals surface area contributed by atoms with Gasteiger partial charge >= 0.3 is 6.01 Å². The molecule has 1 fully saturated rings. The summed E-state index contributed by atoms with van der Waals surface area (Å²) in [5, 5.41) is 11.2. The molecule has 4 rings (SSSR count). The maximum atomic E-state index is 12.6. The molecule has 0 spiro atoms. The van der Waals surface area contributed by atoms with Crippen LogP contribution in [0, 0.1) is 0 Å². The van der Waals surface area contributed by atoms with Crippen molar-refractivity contribution in [1.82, 2.24) is 15.5 Å². The zero-order valence-corrected chi connectivity index (χ0v) is 15.5. The molecule has 0 unspecified atom stereocenters. The number of anilines is 1. The van der Waals surface area contributed by atoms with Crippen molar-refractivity contribution < 1.29 is 13.6 Å². The van der Waals surface area contributed by atoms with Crippen molar-refractivity contribution in [3.05, 3.63) is 64.3 Å². The number of amides is 1. The van der Waals surface area contributed by atoms with Gasteiger partial charge in [0.2, 0.25) is 5.89 Å². The van der Waals surface area contributed by atoms with Gasteiger partial charge in [-0.2, -0.15) is 0 Å². The fraction of sp³-hybridized carbons (Fsp3) is 0.278. The highest BCUT2D eigenvalue weighted by Gasteiger charge is 2.26. The van der Waals surface area contributed by atoms with Crippen LogP contribution >= 0.6 is 15.9 Å². The Bertz CT molecular complexity index is 887. The number of carbonyl (C=O) groups excluding carboxylic acids is 1. The molecule has 134 valence electrons. The summed E-state index contributed by atoms with van der Waals surface area (Å²) in [6, 6.07) is 12.7. The van der Waals surface area contributed by atoms with E-state index in [1.807, 2.05) is 30.3 Å². The molecule has 3 aromatic rings. The minimum absolute atomic E-state index is 0.206. The molecule has 0 bridgehead atoms. The first-order valence-corrected chi connectivity index (χ1v) is 9.19. The Morgan fingerprint density at radius 2 is 1.85 bits per heavy atom. The van der Waals surface area contributed by atoms with Crippen LogP contribution in [0.4, 0.5) is 6.01 Å². The molecular weight excluding hydrogens is 400 g/mol. The molecule has 0 aliphatic carbocycles. The third-order valence-corrected chi connectivity index (χ3v) is 4.69. The second-order valence-corrected chi connectivity index (χ2v) is 6.82. The Morgan fingerprint density at radius 1 is 1.08 bits per heavy atom. The van der Waals surface area contributed by atoms with Gasteiger partial charge < -0.3 is 19.1 Å². The zero-order valence-electron chi connectivity index (χ0n) is 13.9. The molecule has 1 atom stereocenters. The monoisotopic (exact) mass is 416 g/mol. The van der Waals surface area contributed by atoms with Gasteiger partial charge in [0.05, 0.1) is 0 Å². The van der Waals surface area contributed by atoms with E-state index in [1.165, 1.54) is 0 Å². The highest BCUT2D eigenvalue weighted by Crippen LogP contribution is 2.26. The average Bonchev–Trinajstić information content (AvgIpc) is 3.41. The molecule has 1 amide bonds. The number of furan rings is 1. The van der Waals surface area contributed by atoms with Gasteiger partial charge in [0, 0.05) is 13.1 Å². The van der Waals surface area contributed by atoms with Crippen LogP contribution in [0.15, 0.2) is 56.0 Å². The Hall–Kier alpha value is -2.61. The SMILES string of the molecule is O=C(N[C@@H](c1ccccc1)c1nnc(N2CCCC2)o1)c1ccc(Br)o1. The Labute approximate surface area is 158 Å². The van der Waals surface area contributed by atoms with Crippen molar-refractivity contribution in [3.63, 3.8) is 0 Å². The van der Waals surface area contributed by atoms with Gasteiger partial charge in [-0.1, -0.05) is 35.4 Å². The van der Waals surface area contributed by atoms with E-state index in [2.05, 4.69) is 36.3 Å². The molecule has 26 heavy (non-hydrogen) atoms. The number of aromatic nitrogens is 2. The van der Waals surface area contributed by atoms with Gasteiger partial charge in [-0.05, 0) is 46.5 Å². The summed E-state index contributed by atoms with van der Waals surface area (Å²) in [4.78, 5) is 14.6. The summed E-state index contributed by atoms with van der Waals surface area (Å²) in [5.41, 5.74) is 0.850. The molecule has 1 saturated heterocycles.